The third kappa shape index (κ3) is 3.13. The zero-order chi connectivity index (χ0) is 13.8. The highest BCUT2D eigenvalue weighted by Gasteiger charge is 2.06. The Bertz CT molecular complexity index is 611. The van der Waals surface area contributed by atoms with Crippen molar-refractivity contribution in [2.45, 2.75) is 19.8 Å². The van der Waals surface area contributed by atoms with E-state index in [1.54, 1.807) is 0 Å². The lowest BCUT2D eigenvalue weighted by molar-refractivity contribution is -0.137. The molecule has 0 aliphatic heterocycles. The number of nitrogens with two attached hydrogens (primary N) is 1. The third-order valence-electron chi connectivity index (χ3n) is 2.90. The van der Waals surface area contributed by atoms with Crippen molar-refractivity contribution in [1.29, 1.82) is 0 Å². The number of rotatable bonds is 5. The number of nitrogens with one attached hydrogen (secondary N) is 1. The molecule has 0 saturated heterocycles. The number of nitrogen functional groups attached to an aromatic ring is 1. The molecule has 0 aliphatic rings. The maximum atomic E-state index is 10.5. The lowest BCUT2D eigenvalue weighted by Crippen LogP contribution is -2.07. The Morgan fingerprint density at radius 3 is 2.95 bits per heavy atom. The summed E-state index contributed by atoms with van der Waals surface area (Å²) in [5.41, 5.74) is 7.56. The van der Waals surface area contributed by atoms with Crippen molar-refractivity contribution in [1.82, 2.24) is 4.98 Å². The topological polar surface area (TPSA) is 88.2 Å². The van der Waals surface area contributed by atoms with Crippen LogP contribution in [0.1, 0.15) is 18.5 Å². The number of benzene rings is 1. The van der Waals surface area contributed by atoms with Crippen LogP contribution in [0.2, 0.25) is 0 Å². The number of aliphatic carboxylic acids is 1. The number of aryl methyl sites for hydroxylation is 1. The number of aromatic nitrogens is 1. The van der Waals surface area contributed by atoms with E-state index in [4.69, 9.17) is 10.8 Å². The van der Waals surface area contributed by atoms with E-state index in [2.05, 4.69) is 10.3 Å². The molecule has 0 spiro atoms. The van der Waals surface area contributed by atoms with Crippen molar-refractivity contribution >= 4 is 28.2 Å². The second-order valence-corrected chi connectivity index (χ2v) is 4.48. The molecule has 0 fully saturated rings. The van der Waals surface area contributed by atoms with E-state index in [1.807, 2.05) is 31.2 Å². The van der Waals surface area contributed by atoms with Crippen LogP contribution in [-0.4, -0.2) is 22.6 Å². The van der Waals surface area contributed by atoms with E-state index in [0.717, 1.165) is 28.0 Å². The largest absolute Gasteiger partial charge is 0.481 e. The first-order chi connectivity index (χ1) is 9.08. The molecule has 0 atom stereocenters. The average molecular weight is 259 g/mol. The van der Waals surface area contributed by atoms with Crippen LogP contribution in [0.4, 0.5) is 11.5 Å². The first kappa shape index (κ1) is 13.1. The standard InChI is InChI=1S/C14H17N3O2/c1-9-8-11-10(4-2-5-12(11)15)14(17-9)16-7-3-6-13(18)19/h2,4-5,8H,3,6-7,15H2,1H3,(H,16,17)(H,18,19). The maximum Gasteiger partial charge on any atom is 0.303 e. The van der Waals surface area contributed by atoms with E-state index in [0.29, 0.717) is 13.0 Å². The lowest BCUT2D eigenvalue weighted by Gasteiger charge is -2.11. The molecule has 0 aliphatic carbocycles. The van der Waals surface area contributed by atoms with E-state index in [9.17, 15) is 4.79 Å². The fraction of sp³-hybridized carbons (Fsp3) is 0.286. The van der Waals surface area contributed by atoms with Crippen molar-refractivity contribution in [2.75, 3.05) is 17.6 Å². The zero-order valence-electron chi connectivity index (χ0n) is 10.8. The first-order valence-electron chi connectivity index (χ1n) is 6.19. The summed E-state index contributed by atoms with van der Waals surface area (Å²) in [6.45, 7) is 2.49. The molecule has 19 heavy (non-hydrogen) atoms. The van der Waals surface area contributed by atoms with Crippen LogP contribution < -0.4 is 11.1 Å². The molecule has 4 N–H and O–H groups in total. The first-order valence-corrected chi connectivity index (χ1v) is 6.19. The van der Waals surface area contributed by atoms with E-state index in [-0.39, 0.29) is 6.42 Å². The van der Waals surface area contributed by atoms with Gasteiger partial charge in [0.15, 0.2) is 0 Å². The number of fused-ring (bicyclic) bond motifs is 1. The summed E-state index contributed by atoms with van der Waals surface area (Å²) in [6.07, 6.45) is 0.716. The Kier molecular flexibility index (Phi) is 3.85. The molecule has 1 heterocycles. The van der Waals surface area contributed by atoms with Crippen molar-refractivity contribution < 1.29 is 9.90 Å². The van der Waals surface area contributed by atoms with Gasteiger partial charge in [-0.05, 0) is 25.5 Å². The van der Waals surface area contributed by atoms with Crippen LogP contribution >= 0.6 is 0 Å². The molecular formula is C14H17N3O2. The number of hydrogen-bond donors (Lipinski definition) is 3. The fourth-order valence-electron chi connectivity index (χ4n) is 2.01. The SMILES string of the molecule is Cc1cc2c(N)cccc2c(NCCCC(=O)O)n1. The van der Waals surface area contributed by atoms with Crippen LogP contribution in [0.15, 0.2) is 24.3 Å². The fourth-order valence-corrected chi connectivity index (χ4v) is 2.01. The van der Waals surface area contributed by atoms with Crippen LogP contribution in [0.25, 0.3) is 10.8 Å². The minimum Gasteiger partial charge on any atom is -0.481 e. The summed E-state index contributed by atoms with van der Waals surface area (Å²) < 4.78 is 0. The molecule has 0 bridgehead atoms. The Morgan fingerprint density at radius 2 is 2.21 bits per heavy atom. The van der Waals surface area contributed by atoms with Crippen LogP contribution in [0.5, 0.6) is 0 Å². The third-order valence-corrected chi connectivity index (χ3v) is 2.90. The number of pyridine rings is 1. The second-order valence-electron chi connectivity index (χ2n) is 4.48. The Hall–Kier alpha value is -2.30. The van der Waals surface area contributed by atoms with E-state index < -0.39 is 5.97 Å². The van der Waals surface area contributed by atoms with Gasteiger partial charge in [0, 0.05) is 35.1 Å². The van der Waals surface area contributed by atoms with Crippen LogP contribution in [0, 0.1) is 6.92 Å². The van der Waals surface area contributed by atoms with Gasteiger partial charge in [-0.1, -0.05) is 12.1 Å². The van der Waals surface area contributed by atoms with Crippen molar-refractivity contribution in [2.24, 2.45) is 0 Å². The highest BCUT2D eigenvalue weighted by Crippen LogP contribution is 2.27. The molecule has 1 aromatic heterocycles. The smallest absolute Gasteiger partial charge is 0.303 e. The molecule has 100 valence electrons. The van der Waals surface area contributed by atoms with Gasteiger partial charge in [0.2, 0.25) is 0 Å². The van der Waals surface area contributed by atoms with Gasteiger partial charge in [-0.25, -0.2) is 4.98 Å². The summed E-state index contributed by atoms with van der Waals surface area (Å²) in [6, 6.07) is 7.65. The summed E-state index contributed by atoms with van der Waals surface area (Å²) in [5.74, 6) is -0.0270. The van der Waals surface area contributed by atoms with Gasteiger partial charge in [0.1, 0.15) is 5.82 Å². The van der Waals surface area contributed by atoms with Crippen molar-refractivity contribution in [3.8, 4) is 0 Å². The zero-order valence-corrected chi connectivity index (χ0v) is 10.8. The highest BCUT2D eigenvalue weighted by molar-refractivity contribution is 5.99. The van der Waals surface area contributed by atoms with Gasteiger partial charge in [-0.15, -0.1) is 0 Å². The van der Waals surface area contributed by atoms with Crippen molar-refractivity contribution in [3.05, 3.63) is 30.0 Å². The molecule has 0 radical (unpaired) electrons. The second kappa shape index (κ2) is 5.56. The maximum absolute atomic E-state index is 10.5. The van der Waals surface area contributed by atoms with Gasteiger partial charge < -0.3 is 16.2 Å². The summed E-state index contributed by atoms with van der Waals surface area (Å²) >= 11 is 0. The Labute approximate surface area is 111 Å². The average Bonchev–Trinajstić information content (AvgIpc) is 2.35. The van der Waals surface area contributed by atoms with Gasteiger partial charge in [-0.2, -0.15) is 0 Å². The Morgan fingerprint density at radius 1 is 1.42 bits per heavy atom. The van der Waals surface area contributed by atoms with E-state index >= 15 is 0 Å². The summed E-state index contributed by atoms with van der Waals surface area (Å²) in [5, 5.41) is 13.7. The number of carboxylic acids is 1. The predicted molar refractivity (Wildman–Crippen MR) is 76.3 cm³/mol. The number of carbonyl (C=O) groups is 1. The number of nitrogens with zero attached hydrogens (tertiary/aromatic N) is 1. The highest BCUT2D eigenvalue weighted by atomic mass is 16.4. The predicted octanol–water partition coefficient (Wildman–Crippen LogP) is 2.40. The molecule has 0 unspecified atom stereocenters. The molecule has 0 amide bonds. The molecule has 1 aromatic carbocycles. The van der Waals surface area contributed by atoms with Crippen molar-refractivity contribution in [3.63, 3.8) is 0 Å². The molecular weight excluding hydrogens is 242 g/mol. The summed E-state index contributed by atoms with van der Waals surface area (Å²) in [4.78, 5) is 14.9. The molecule has 2 rings (SSSR count). The molecule has 5 nitrogen and oxygen atoms in total. The molecule has 0 saturated carbocycles. The van der Waals surface area contributed by atoms with Crippen LogP contribution in [-0.2, 0) is 4.79 Å². The van der Waals surface area contributed by atoms with Gasteiger partial charge in [-0.3, -0.25) is 4.79 Å². The minimum atomic E-state index is -0.784. The molecule has 2 aromatic rings. The lowest BCUT2D eigenvalue weighted by atomic mass is 10.1. The quantitative estimate of drug-likeness (QED) is 0.567. The number of carboxylic acid groups (broad SMARTS) is 1. The van der Waals surface area contributed by atoms with Crippen LogP contribution in [0.3, 0.4) is 0 Å². The molecule has 5 heteroatoms. The Balaban J connectivity index is 2.22. The number of anilines is 2. The number of hydrogen-bond acceptors (Lipinski definition) is 4. The van der Waals surface area contributed by atoms with Gasteiger partial charge in [0.25, 0.3) is 0 Å². The van der Waals surface area contributed by atoms with Gasteiger partial charge >= 0.3 is 5.97 Å². The monoisotopic (exact) mass is 259 g/mol. The van der Waals surface area contributed by atoms with E-state index in [1.165, 1.54) is 0 Å². The normalized spacial score (nSPS) is 10.6. The summed E-state index contributed by atoms with van der Waals surface area (Å²) in [7, 11) is 0. The van der Waals surface area contributed by atoms with Gasteiger partial charge in [0.05, 0.1) is 0 Å². The minimum absolute atomic E-state index is 0.152.